The van der Waals surface area contributed by atoms with E-state index in [4.69, 9.17) is 9.47 Å². The normalized spacial score (nSPS) is 20.5. The van der Waals surface area contributed by atoms with E-state index in [1.54, 1.807) is 14.0 Å². The highest BCUT2D eigenvalue weighted by molar-refractivity contribution is 6.19. The van der Waals surface area contributed by atoms with Crippen molar-refractivity contribution in [2.24, 2.45) is 0 Å². The van der Waals surface area contributed by atoms with Crippen LogP contribution in [0.4, 0.5) is 0 Å². The van der Waals surface area contributed by atoms with Crippen LogP contribution < -0.4 is 5.32 Å². The Hall–Kier alpha value is -1.89. The van der Waals surface area contributed by atoms with Gasteiger partial charge in [-0.3, -0.25) is 9.59 Å². The average Bonchev–Trinajstić information content (AvgIpc) is 2.42. The summed E-state index contributed by atoms with van der Waals surface area (Å²) in [6.07, 6.45) is 0.998. The van der Waals surface area contributed by atoms with Gasteiger partial charge in [0.15, 0.2) is 5.78 Å². The number of cyclic esters (lactones) is 1. The molecule has 22 heavy (non-hydrogen) atoms. The fraction of sp³-hybridized carbons (Fsp3) is 0.667. The molecule has 0 spiro atoms. The molecule has 0 aromatic heterocycles. The van der Waals surface area contributed by atoms with Gasteiger partial charge in [-0.15, -0.1) is 0 Å². The van der Waals surface area contributed by atoms with Gasteiger partial charge in [0.2, 0.25) is 5.91 Å². The third-order valence-electron chi connectivity index (χ3n) is 3.22. The number of esters is 1. The second-order valence-electron chi connectivity index (χ2n) is 5.21. The van der Waals surface area contributed by atoms with Crippen molar-refractivity contribution < 1.29 is 29.0 Å². The maximum Gasteiger partial charge on any atom is 0.345 e. The Morgan fingerprint density at radius 1 is 1.36 bits per heavy atom. The molecule has 0 bridgehead atoms. The van der Waals surface area contributed by atoms with Crippen LogP contribution in [-0.2, 0) is 23.9 Å². The first-order valence-electron chi connectivity index (χ1n) is 7.37. The Morgan fingerprint density at radius 2 is 2.09 bits per heavy atom. The second-order valence-corrected chi connectivity index (χ2v) is 5.21. The third-order valence-corrected chi connectivity index (χ3v) is 3.22. The maximum atomic E-state index is 11.7. The minimum absolute atomic E-state index is 0.0745. The zero-order valence-electron chi connectivity index (χ0n) is 13.0. The lowest BCUT2D eigenvalue weighted by Gasteiger charge is -2.20. The van der Waals surface area contributed by atoms with Gasteiger partial charge in [-0.2, -0.15) is 0 Å². The largest absolute Gasteiger partial charge is 0.511 e. The molecule has 0 aromatic rings. The Kier molecular flexibility index (Phi) is 7.59. The lowest BCUT2D eigenvalue weighted by molar-refractivity contribution is -0.150. The number of carbonyl (C=O) groups is 3. The number of allylic oxidation sites excluding steroid dienone is 1. The number of rotatable bonds is 8. The van der Waals surface area contributed by atoms with E-state index in [1.165, 1.54) is 0 Å². The predicted octanol–water partition coefficient (Wildman–Crippen LogP) is 1.03. The van der Waals surface area contributed by atoms with Gasteiger partial charge >= 0.3 is 5.97 Å². The molecule has 7 nitrogen and oxygen atoms in total. The Morgan fingerprint density at radius 3 is 2.73 bits per heavy atom. The van der Waals surface area contributed by atoms with Crippen molar-refractivity contribution in [1.29, 1.82) is 0 Å². The van der Waals surface area contributed by atoms with Gasteiger partial charge in [-0.05, 0) is 19.8 Å². The van der Waals surface area contributed by atoms with Gasteiger partial charge in [-0.1, -0.05) is 0 Å². The molecule has 0 saturated carbocycles. The number of ether oxygens (including phenoxy) is 2. The molecule has 7 heteroatoms. The van der Waals surface area contributed by atoms with Crippen LogP contribution in [0.3, 0.4) is 0 Å². The minimum Gasteiger partial charge on any atom is -0.511 e. The number of hydrogen-bond donors (Lipinski definition) is 2. The molecule has 1 atom stereocenters. The van der Waals surface area contributed by atoms with Crippen molar-refractivity contribution >= 4 is 17.7 Å². The summed E-state index contributed by atoms with van der Waals surface area (Å²) in [6, 6.07) is 0. The summed E-state index contributed by atoms with van der Waals surface area (Å²) in [7, 11) is 1.59. The Bertz CT molecular complexity index is 437. The number of carbonyl (C=O) groups excluding carboxylic acids is 3. The highest BCUT2D eigenvalue weighted by atomic mass is 16.5. The van der Waals surface area contributed by atoms with E-state index in [1.807, 2.05) is 0 Å². The summed E-state index contributed by atoms with van der Waals surface area (Å²) < 4.78 is 9.79. The first-order chi connectivity index (χ1) is 10.5. The molecule has 1 amide bonds. The lowest BCUT2D eigenvalue weighted by Crippen LogP contribution is -2.31. The van der Waals surface area contributed by atoms with Gasteiger partial charge < -0.3 is 19.9 Å². The molecule has 1 rings (SSSR count). The van der Waals surface area contributed by atoms with Gasteiger partial charge in [0.1, 0.15) is 17.4 Å². The minimum atomic E-state index is -0.787. The molecule has 1 fully saturated rings. The van der Waals surface area contributed by atoms with Crippen LogP contribution in [0.1, 0.15) is 39.0 Å². The highest BCUT2D eigenvalue weighted by Crippen LogP contribution is 2.20. The van der Waals surface area contributed by atoms with Gasteiger partial charge in [0, 0.05) is 39.5 Å². The zero-order chi connectivity index (χ0) is 16.5. The molecular formula is C15H23NO6. The van der Waals surface area contributed by atoms with Crippen LogP contribution in [0, 0.1) is 0 Å². The maximum absolute atomic E-state index is 11.7. The van der Waals surface area contributed by atoms with Gasteiger partial charge in [-0.25, -0.2) is 4.79 Å². The number of ketones is 1. The molecule has 124 valence electrons. The quantitative estimate of drug-likeness (QED) is 0.228. The van der Waals surface area contributed by atoms with Crippen molar-refractivity contribution in [3.8, 4) is 0 Å². The molecule has 0 radical (unpaired) electrons. The first kappa shape index (κ1) is 18.2. The number of aliphatic hydroxyl groups is 1. The van der Waals surface area contributed by atoms with Crippen LogP contribution in [0.2, 0.25) is 0 Å². The summed E-state index contributed by atoms with van der Waals surface area (Å²) in [5.41, 5.74) is -0.279. The van der Waals surface area contributed by atoms with E-state index in [-0.39, 0.29) is 36.5 Å². The van der Waals surface area contributed by atoms with Crippen LogP contribution in [0.5, 0.6) is 0 Å². The van der Waals surface area contributed by atoms with Crippen LogP contribution in [-0.4, -0.2) is 49.1 Å². The molecule has 1 saturated heterocycles. The topological polar surface area (TPSA) is 102 Å². The van der Waals surface area contributed by atoms with E-state index in [0.29, 0.717) is 19.6 Å². The molecule has 2 N–H and O–H groups in total. The van der Waals surface area contributed by atoms with Crippen LogP contribution in [0.25, 0.3) is 0 Å². The SMILES string of the molecule is COCCCNC(=O)CCC/C(O)=C1/C(=O)C[C@@H](C)OC1=O. The van der Waals surface area contributed by atoms with Crippen molar-refractivity contribution in [2.45, 2.75) is 45.1 Å². The van der Waals surface area contributed by atoms with Crippen molar-refractivity contribution in [3.05, 3.63) is 11.3 Å². The molecule has 1 aliphatic rings. The lowest BCUT2D eigenvalue weighted by atomic mass is 9.99. The fourth-order valence-electron chi connectivity index (χ4n) is 2.11. The summed E-state index contributed by atoms with van der Waals surface area (Å²) in [6.45, 7) is 2.73. The number of nitrogens with one attached hydrogen (secondary N) is 1. The molecule has 1 aliphatic heterocycles. The van der Waals surface area contributed by atoms with Crippen LogP contribution in [0.15, 0.2) is 11.3 Å². The zero-order valence-corrected chi connectivity index (χ0v) is 13.0. The number of amides is 1. The standard InChI is InChI=1S/C15H23NO6/c1-10-9-12(18)14(15(20)22-10)11(17)5-3-6-13(19)16-7-4-8-21-2/h10,17H,3-9H2,1-2H3,(H,16,19)/b14-11+/t10-/m1/s1. The van der Waals surface area contributed by atoms with Crippen molar-refractivity contribution in [2.75, 3.05) is 20.3 Å². The summed E-state index contributed by atoms with van der Waals surface area (Å²) in [4.78, 5) is 34.9. The third kappa shape index (κ3) is 5.85. The molecule has 0 unspecified atom stereocenters. The summed E-state index contributed by atoms with van der Waals surface area (Å²) in [5, 5.41) is 12.6. The number of methoxy groups -OCH3 is 1. The fourth-order valence-corrected chi connectivity index (χ4v) is 2.11. The van der Waals surface area contributed by atoms with Crippen molar-refractivity contribution in [1.82, 2.24) is 5.32 Å². The predicted molar refractivity (Wildman–Crippen MR) is 78.2 cm³/mol. The van der Waals surface area contributed by atoms with E-state index in [0.717, 1.165) is 6.42 Å². The van der Waals surface area contributed by atoms with Gasteiger partial charge in [0.25, 0.3) is 0 Å². The Labute approximate surface area is 129 Å². The van der Waals surface area contributed by atoms with Crippen LogP contribution >= 0.6 is 0 Å². The number of Topliss-reactive ketones (excluding diaryl/α,β-unsaturated/α-hetero) is 1. The summed E-state index contributed by atoms with van der Waals surface area (Å²) in [5.74, 6) is -1.63. The highest BCUT2D eigenvalue weighted by Gasteiger charge is 2.32. The van der Waals surface area contributed by atoms with E-state index in [9.17, 15) is 19.5 Å². The van der Waals surface area contributed by atoms with E-state index in [2.05, 4.69) is 5.32 Å². The Balaban J connectivity index is 2.37. The molecule has 1 heterocycles. The number of hydrogen-bond acceptors (Lipinski definition) is 6. The van der Waals surface area contributed by atoms with E-state index >= 15 is 0 Å². The smallest absolute Gasteiger partial charge is 0.345 e. The molecule has 0 aliphatic carbocycles. The molecule has 0 aromatic carbocycles. The number of aliphatic hydroxyl groups excluding tert-OH is 1. The molecular weight excluding hydrogens is 290 g/mol. The van der Waals surface area contributed by atoms with Gasteiger partial charge in [0.05, 0.1) is 0 Å². The monoisotopic (exact) mass is 313 g/mol. The summed E-state index contributed by atoms with van der Waals surface area (Å²) >= 11 is 0. The van der Waals surface area contributed by atoms with Crippen molar-refractivity contribution in [3.63, 3.8) is 0 Å². The second kappa shape index (κ2) is 9.19. The first-order valence-corrected chi connectivity index (χ1v) is 7.37. The van der Waals surface area contributed by atoms with E-state index < -0.39 is 17.9 Å². The average molecular weight is 313 g/mol.